The van der Waals surface area contributed by atoms with E-state index in [9.17, 15) is 0 Å². The van der Waals surface area contributed by atoms with Gasteiger partial charge in [0.05, 0.1) is 5.02 Å². The average Bonchev–Trinajstić information content (AvgIpc) is 2.32. The quantitative estimate of drug-likeness (QED) is 0.670. The summed E-state index contributed by atoms with van der Waals surface area (Å²) < 4.78 is 0.965. The summed E-state index contributed by atoms with van der Waals surface area (Å²) in [6.45, 7) is 5.37. The average molecular weight is 319 g/mol. The number of hydrogen-bond acceptors (Lipinski definition) is 1. The molecular weight excluding hydrogens is 298 g/mol. The van der Waals surface area contributed by atoms with Gasteiger partial charge in [-0.15, -0.1) is 0 Å². The molecule has 1 atom stereocenters. The summed E-state index contributed by atoms with van der Waals surface area (Å²) >= 11 is 9.57. The van der Waals surface area contributed by atoms with Crippen molar-refractivity contribution in [2.75, 3.05) is 6.54 Å². The van der Waals surface area contributed by atoms with Gasteiger partial charge < -0.3 is 5.32 Å². The first kappa shape index (κ1) is 15.0. The molecule has 1 N–H and O–H groups in total. The molecule has 1 nitrogen and oxygen atoms in total. The van der Waals surface area contributed by atoms with Gasteiger partial charge in [-0.1, -0.05) is 50.8 Å². The van der Waals surface area contributed by atoms with Crippen molar-refractivity contribution in [1.82, 2.24) is 5.32 Å². The third-order valence-electron chi connectivity index (χ3n) is 2.89. The molecule has 0 fully saturated rings. The van der Waals surface area contributed by atoms with Gasteiger partial charge in [0.15, 0.2) is 0 Å². The molecule has 0 aliphatic carbocycles. The van der Waals surface area contributed by atoms with E-state index in [0.29, 0.717) is 6.04 Å². The summed E-state index contributed by atoms with van der Waals surface area (Å²) in [5, 5.41) is 4.32. The summed E-state index contributed by atoms with van der Waals surface area (Å²) in [6.07, 6.45) is 5.01. The van der Waals surface area contributed by atoms with E-state index < -0.39 is 0 Å². The number of nitrogens with one attached hydrogen (secondary N) is 1. The van der Waals surface area contributed by atoms with Crippen LogP contribution in [0.2, 0.25) is 5.02 Å². The van der Waals surface area contributed by atoms with Crippen LogP contribution < -0.4 is 5.32 Å². The van der Waals surface area contributed by atoms with Crippen molar-refractivity contribution >= 4 is 27.5 Å². The zero-order chi connectivity index (χ0) is 12.7. The van der Waals surface area contributed by atoms with E-state index in [2.05, 4.69) is 47.2 Å². The van der Waals surface area contributed by atoms with Crippen LogP contribution in [0, 0.1) is 0 Å². The van der Waals surface area contributed by atoms with Crippen LogP contribution in [0.1, 0.15) is 51.1 Å². The maximum atomic E-state index is 6.14. The van der Waals surface area contributed by atoms with Crippen LogP contribution in [0.5, 0.6) is 0 Å². The monoisotopic (exact) mass is 317 g/mol. The molecule has 1 unspecified atom stereocenters. The number of unbranched alkanes of at least 4 members (excludes halogenated alkanes) is 2. The van der Waals surface area contributed by atoms with Crippen LogP contribution in [0.3, 0.4) is 0 Å². The standard InChI is InChI=1S/C14H21BrClN/c1-3-5-6-7-14(17-4-2)11-8-9-12(15)13(16)10-11/h8-10,14,17H,3-7H2,1-2H3. The van der Waals surface area contributed by atoms with Gasteiger partial charge in [0.25, 0.3) is 0 Å². The van der Waals surface area contributed by atoms with Gasteiger partial charge in [-0.05, 0) is 46.6 Å². The molecule has 0 aliphatic heterocycles. The van der Waals surface area contributed by atoms with Gasteiger partial charge in [-0.25, -0.2) is 0 Å². The molecule has 1 rings (SSSR count). The SMILES string of the molecule is CCCCCC(NCC)c1ccc(Br)c(Cl)c1. The first-order valence-corrected chi connectivity index (χ1v) is 7.54. The maximum absolute atomic E-state index is 6.14. The van der Waals surface area contributed by atoms with Crippen LogP contribution in [0.15, 0.2) is 22.7 Å². The number of hydrogen-bond donors (Lipinski definition) is 1. The van der Waals surface area contributed by atoms with Gasteiger partial charge >= 0.3 is 0 Å². The molecule has 0 spiro atoms. The Morgan fingerprint density at radius 2 is 2.06 bits per heavy atom. The summed E-state index contributed by atoms with van der Waals surface area (Å²) in [7, 11) is 0. The second-order valence-electron chi connectivity index (χ2n) is 4.28. The molecule has 17 heavy (non-hydrogen) atoms. The Bertz CT molecular complexity index is 341. The van der Waals surface area contributed by atoms with E-state index in [4.69, 9.17) is 11.6 Å². The van der Waals surface area contributed by atoms with Crippen molar-refractivity contribution in [2.45, 2.75) is 45.6 Å². The van der Waals surface area contributed by atoms with E-state index in [1.807, 2.05) is 6.07 Å². The van der Waals surface area contributed by atoms with Crippen molar-refractivity contribution in [2.24, 2.45) is 0 Å². The third-order valence-corrected chi connectivity index (χ3v) is 4.13. The second kappa shape index (κ2) is 8.12. The largest absolute Gasteiger partial charge is 0.310 e. The topological polar surface area (TPSA) is 12.0 Å². The van der Waals surface area contributed by atoms with E-state index >= 15 is 0 Å². The number of rotatable bonds is 7. The Morgan fingerprint density at radius 1 is 1.29 bits per heavy atom. The Morgan fingerprint density at radius 3 is 2.65 bits per heavy atom. The predicted octanol–water partition coefficient (Wildman–Crippen LogP) is 5.33. The first-order chi connectivity index (χ1) is 8.19. The molecule has 0 bridgehead atoms. The van der Waals surface area contributed by atoms with Crippen molar-refractivity contribution in [3.05, 3.63) is 33.3 Å². The lowest BCUT2D eigenvalue weighted by Crippen LogP contribution is -2.20. The summed E-state index contributed by atoms with van der Waals surface area (Å²) in [6, 6.07) is 6.67. The minimum atomic E-state index is 0.428. The van der Waals surface area contributed by atoms with Crippen LogP contribution in [-0.2, 0) is 0 Å². The van der Waals surface area contributed by atoms with Crippen molar-refractivity contribution in [3.8, 4) is 0 Å². The normalized spacial score (nSPS) is 12.7. The lowest BCUT2D eigenvalue weighted by molar-refractivity contribution is 0.486. The van der Waals surface area contributed by atoms with Gasteiger partial charge in [0.1, 0.15) is 0 Å². The fourth-order valence-corrected chi connectivity index (χ4v) is 2.40. The van der Waals surface area contributed by atoms with E-state index in [0.717, 1.165) is 16.0 Å². The summed E-state index contributed by atoms with van der Waals surface area (Å²) in [5.74, 6) is 0. The molecule has 1 aromatic rings. The highest BCUT2D eigenvalue weighted by Crippen LogP contribution is 2.28. The molecule has 1 aromatic carbocycles. The van der Waals surface area contributed by atoms with E-state index in [1.54, 1.807) is 0 Å². The van der Waals surface area contributed by atoms with Crippen LogP contribution in [-0.4, -0.2) is 6.54 Å². The number of benzene rings is 1. The molecular formula is C14H21BrClN. The summed E-state index contributed by atoms with van der Waals surface area (Å²) in [5.41, 5.74) is 1.29. The molecule has 0 saturated carbocycles. The molecule has 3 heteroatoms. The van der Waals surface area contributed by atoms with Gasteiger partial charge in [0, 0.05) is 10.5 Å². The highest BCUT2D eigenvalue weighted by molar-refractivity contribution is 9.10. The van der Waals surface area contributed by atoms with Crippen molar-refractivity contribution in [1.29, 1.82) is 0 Å². The van der Waals surface area contributed by atoms with Gasteiger partial charge in [-0.3, -0.25) is 0 Å². The lowest BCUT2D eigenvalue weighted by atomic mass is 10.0. The Balaban J connectivity index is 2.70. The Kier molecular flexibility index (Phi) is 7.17. The highest BCUT2D eigenvalue weighted by atomic mass is 79.9. The molecule has 0 radical (unpaired) electrons. The molecule has 0 saturated heterocycles. The van der Waals surface area contributed by atoms with E-state index in [1.165, 1.54) is 31.2 Å². The minimum absolute atomic E-state index is 0.428. The number of halogens is 2. The van der Waals surface area contributed by atoms with E-state index in [-0.39, 0.29) is 0 Å². The van der Waals surface area contributed by atoms with Gasteiger partial charge in [0.2, 0.25) is 0 Å². The zero-order valence-electron chi connectivity index (χ0n) is 10.6. The van der Waals surface area contributed by atoms with Gasteiger partial charge in [-0.2, -0.15) is 0 Å². The lowest BCUT2D eigenvalue weighted by Gasteiger charge is -2.18. The zero-order valence-corrected chi connectivity index (χ0v) is 12.9. The first-order valence-electron chi connectivity index (χ1n) is 6.37. The third kappa shape index (κ3) is 4.99. The highest BCUT2D eigenvalue weighted by Gasteiger charge is 2.11. The molecule has 0 aromatic heterocycles. The van der Waals surface area contributed by atoms with Crippen LogP contribution >= 0.6 is 27.5 Å². The van der Waals surface area contributed by atoms with Crippen molar-refractivity contribution < 1.29 is 0 Å². The minimum Gasteiger partial charge on any atom is -0.310 e. The molecule has 0 amide bonds. The fourth-order valence-electron chi connectivity index (χ4n) is 1.96. The maximum Gasteiger partial charge on any atom is 0.0551 e. The predicted molar refractivity (Wildman–Crippen MR) is 79.7 cm³/mol. The summed E-state index contributed by atoms with van der Waals surface area (Å²) in [4.78, 5) is 0. The van der Waals surface area contributed by atoms with Crippen LogP contribution in [0.25, 0.3) is 0 Å². The fraction of sp³-hybridized carbons (Fsp3) is 0.571. The molecule has 0 heterocycles. The second-order valence-corrected chi connectivity index (χ2v) is 5.54. The molecule has 0 aliphatic rings. The smallest absolute Gasteiger partial charge is 0.0551 e. The molecule has 96 valence electrons. The Labute approximate surface area is 118 Å². The van der Waals surface area contributed by atoms with Crippen LogP contribution in [0.4, 0.5) is 0 Å². The van der Waals surface area contributed by atoms with Crippen molar-refractivity contribution in [3.63, 3.8) is 0 Å². The Hall–Kier alpha value is -0.0500.